The van der Waals surface area contributed by atoms with E-state index in [-0.39, 0.29) is 28.7 Å². The first-order chi connectivity index (χ1) is 25.5. The number of hydrogen-bond donors (Lipinski definition) is 0. The predicted octanol–water partition coefficient (Wildman–Crippen LogP) is 10.7. The van der Waals surface area contributed by atoms with Crippen LogP contribution in [-0.2, 0) is 10.1 Å². The minimum absolute atomic E-state index is 0.0510. The number of rotatable bonds is 5. The number of nitrogens with zero attached hydrogens (tertiary/aromatic N) is 3. The molecule has 12 rings (SSSR count). The Kier molecular flexibility index (Phi) is 7.16. The van der Waals surface area contributed by atoms with Crippen molar-refractivity contribution in [1.82, 2.24) is 4.98 Å². The molecule has 2 unspecified atom stereocenters. The third-order valence-electron chi connectivity index (χ3n) is 12.2. The molecule has 7 aliphatic rings. The summed E-state index contributed by atoms with van der Waals surface area (Å²) in [5, 5.41) is 11.3. The summed E-state index contributed by atoms with van der Waals surface area (Å²) in [5.41, 5.74) is 1.27. The van der Waals surface area contributed by atoms with E-state index in [1.54, 1.807) is 41.4 Å². The molecule has 266 valence electrons. The molecule has 2 atom stereocenters. The quantitative estimate of drug-likeness (QED) is 0.129. The highest BCUT2D eigenvalue weighted by Crippen LogP contribution is 2.63. The maximum absolute atomic E-state index is 14.4. The van der Waals surface area contributed by atoms with Gasteiger partial charge in [-0.3, -0.25) is 4.98 Å². The van der Waals surface area contributed by atoms with Gasteiger partial charge in [0, 0.05) is 34.7 Å². The van der Waals surface area contributed by atoms with E-state index in [0.717, 1.165) is 59.2 Å². The number of anilines is 3. The molecule has 0 amide bonds. The van der Waals surface area contributed by atoms with Crippen LogP contribution in [0, 0.1) is 23.2 Å². The monoisotopic (exact) mass is 749 g/mol. The van der Waals surface area contributed by atoms with Gasteiger partial charge < -0.3 is 9.08 Å². The molecule has 4 aromatic carbocycles. The van der Waals surface area contributed by atoms with Crippen molar-refractivity contribution in [1.29, 1.82) is 5.26 Å². The van der Waals surface area contributed by atoms with Gasteiger partial charge in [-0.05, 0) is 101 Å². The minimum Gasteiger partial charge on any atom is -0.373 e. The van der Waals surface area contributed by atoms with Gasteiger partial charge in [-0.1, -0.05) is 78.3 Å². The van der Waals surface area contributed by atoms with Crippen LogP contribution in [0.15, 0.2) is 91.1 Å². The van der Waals surface area contributed by atoms with Crippen molar-refractivity contribution < 1.29 is 25.8 Å². The van der Waals surface area contributed by atoms with E-state index in [1.165, 1.54) is 12.5 Å². The first-order valence-corrected chi connectivity index (χ1v) is 19.6. The molecular weight excluding hydrogens is 719 g/mol. The number of alkyl halides is 3. The highest BCUT2D eigenvalue weighted by Gasteiger charge is 2.52. The summed E-state index contributed by atoms with van der Waals surface area (Å²) in [6.07, 6.45) is 6.95. The zero-order chi connectivity index (χ0) is 36.4. The van der Waals surface area contributed by atoms with Gasteiger partial charge in [0.1, 0.15) is 0 Å². The Bertz CT molecular complexity index is 2460. The number of halogens is 4. The second kappa shape index (κ2) is 11.6. The van der Waals surface area contributed by atoms with Crippen LogP contribution in [0.4, 0.5) is 30.2 Å². The maximum atomic E-state index is 14.4. The Labute approximate surface area is 309 Å². The van der Waals surface area contributed by atoms with Crippen LogP contribution in [0.3, 0.4) is 0 Å². The highest BCUT2D eigenvalue weighted by molar-refractivity contribution is 7.88. The Morgan fingerprint density at radius 2 is 1.30 bits per heavy atom. The van der Waals surface area contributed by atoms with Gasteiger partial charge in [0.15, 0.2) is 5.75 Å². The lowest BCUT2D eigenvalue weighted by molar-refractivity contribution is -0.0500. The number of hydrogen-bond acceptors (Lipinski definition) is 6. The van der Waals surface area contributed by atoms with Crippen molar-refractivity contribution in [3.63, 3.8) is 0 Å². The number of benzene rings is 4. The molecule has 6 bridgehead atoms. The molecule has 7 aliphatic carbocycles. The lowest BCUT2D eigenvalue weighted by atomic mass is 9.60. The third-order valence-corrected chi connectivity index (χ3v) is 13.6. The van der Waals surface area contributed by atoms with Crippen molar-refractivity contribution in [2.75, 3.05) is 4.90 Å². The van der Waals surface area contributed by atoms with E-state index in [2.05, 4.69) is 6.07 Å². The smallest absolute Gasteiger partial charge is 0.373 e. The van der Waals surface area contributed by atoms with Crippen LogP contribution in [0.5, 0.6) is 5.75 Å². The van der Waals surface area contributed by atoms with Gasteiger partial charge in [0.2, 0.25) is 0 Å². The number of nitriles is 1. The maximum Gasteiger partial charge on any atom is 0.534 e. The Morgan fingerprint density at radius 1 is 0.755 bits per heavy atom. The zero-order valence-corrected chi connectivity index (χ0v) is 29.7. The van der Waals surface area contributed by atoms with Gasteiger partial charge in [-0.15, -0.1) is 0 Å². The van der Waals surface area contributed by atoms with Gasteiger partial charge in [0.25, 0.3) is 0 Å². The molecule has 2 fully saturated rings. The molecule has 5 aromatic rings. The van der Waals surface area contributed by atoms with Crippen LogP contribution in [0.2, 0.25) is 5.02 Å². The lowest BCUT2D eigenvalue weighted by Gasteiger charge is -2.44. The lowest BCUT2D eigenvalue weighted by Crippen LogP contribution is -2.33. The van der Waals surface area contributed by atoms with Crippen LogP contribution in [0.1, 0.15) is 106 Å². The zero-order valence-electron chi connectivity index (χ0n) is 28.1. The van der Waals surface area contributed by atoms with E-state index < -0.39 is 33.2 Å². The van der Waals surface area contributed by atoms with Gasteiger partial charge in [-0.2, -0.15) is 26.9 Å². The normalized spacial score (nSPS) is 24.4. The molecule has 2 saturated carbocycles. The second-order valence-electron chi connectivity index (χ2n) is 15.1. The van der Waals surface area contributed by atoms with Crippen molar-refractivity contribution in [2.24, 2.45) is 11.8 Å². The molecule has 11 heteroatoms. The van der Waals surface area contributed by atoms with Crippen molar-refractivity contribution >= 4 is 38.8 Å². The van der Waals surface area contributed by atoms with E-state index in [1.807, 2.05) is 48.5 Å². The largest absolute Gasteiger partial charge is 0.534 e. The second-order valence-corrected chi connectivity index (χ2v) is 17.0. The van der Waals surface area contributed by atoms with Gasteiger partial charge >= 0.3 is 15.6 Å². The molecule has 1 heterocycles. The first kappa shape index (κ1) is 32.8. The predicted molar refractivity (Wildman–Crippen MR) is 195 cm³/mol. The van der Waals surface area contributed by atoms with Gasteiger partial charge in [0.05, 0.1) is 34.2 Å². The average Bonchev–Trinajstić information content (AvgIpc) is 3.32. The number of aromatic nitrogens is 1. The van der Waals surface area contributed by atoms with Gasteiger partial charge in [-0.25, -0.2) is 0 Å². The molecule has 0 aliphatic heterocycles. The summed E-state index contributed by atoms with van der Waals surface area (Å²) in [5.74, 6) is -0.133. The fourth-order valence-electron chi connectivity index (χ4n) is 10.5. The average molecular weight is 750 g/mol. The minimum atomic E-state index is -6.20. The molecule has 0 radical (unpaired) electrons. The van der Waals surface area contributed by atoms with E-state index in [4.69, 9.17) is 20.8 Å². The van der Waals surface area contributed by atoms with Crippen LogP contribution >= 0.6 is 11.6 Å². The Balaban J connectivity index is 1.29. The number of pyridine rings is 1. The molecular formula is C42H31ClF3N3O3S. The standard InChI is InChI=1S/C42H31ClF3N3O3S/c43-39-33(21-48-40-25-17-22-14-23(18-25)16-24(15-22)35(39)40)49(27-8-2-1-3-9-27)32-19-26(20-47)34-36-28-10-4-6-12-30(28)37(31-13-7-5-11-29(31)36)38(34)41(32)52-53(50,51)42(44,45)46/h1-13,19,21-25,36-37H,14-18H2. The van der Waals surface area contributed by atoms with E-state index in [9.17, 15) is 26.9 Å². The van der Waals surface area contributed by atoms with E-state index >= 15 is 0 Å². The molecule has 1 aromatic heterocycles. The molecule has 0 N–H and O–H groups in total. The summed E-state index contributed by atoms with van der Waals surface area (Å²) < 4.78 is 74.9. The fourth-order valence-corrected chi connectivity index (χ4v) is 11.4. The molecule has 0 spiro atoms. The summed E-state index contributed by atoms with van der Waals surface area (Å²) in [7, 11) is -6.20. The van der Waals surface area contributed by atoms with E-state index in [0.29, 0.717) is 33.8 Å². The summed E-state index contributed by atoms with van der Waals surface area (Å²) in [6, 6.07) is 27.8. The summed E-state index contributed by atoms with van der Waals surface area (Å²) >= 11 is 7.51. The fraction of sp³-hybridized carbons (Fsp3) is 0.286. The Morgan fingerprint density at radius 3 is 1.87 bits per heavy atom. The van der Waals surface area contributed by atoms with Crippen LogP contribution < -0.4 is 9.08 Å². The first-order valence-electron chi connectivity index (χ1n) is 17.9. The van der Waals surface area contributed by atoms with Crippen molar-refractivity contribution in [2.45, 2.75) is 61.3 Å². The summed E-state index contributed by atoms with van der Waals surface area (Å²) in [4.78, 5) is 6.67. The summed E-state index contributed by atoms with van der Waals surface area (Å²) in [6.45, 7) is 0. The molecule has 53 heavy (non-hydrogen) atoms. The SMILES string of the molecule is N#Cc1cc(N(c2ccccc2)c2cnc3c(c2Cl)C2CC4CC(CC3C4)C2)c(OS(=O)(=O)C(F)(F)F)c2c1C1c3ccccc3C2c2ccccc21. The van der Waals surface area contributed by atoms with Crippen molar-refractivity contribution in [3.8, 4) is 11.8 Å². The van der Waals surface area contributed by atoms with Crippen LogP contribution in [-0.4, -0.2) is 18.9 Å². The number of para-hydroxylation sites is 1. The highest BCUT2D eigenvalue weighted by atomic mass is 35.5. The Hall–Kier alpha value is -4.85. The topological polar surface area (TPSA) is 83.3 Å². The molecule has 6 nitrogen and oxygen atoms in total. The third kappa shape index (κ3) is 4.76. The molecule has 0 saturated heterocycles. The van der Waals surface area contributed by atoms with Crippen molar-refractivity contribution in [3.05, 3.63) is 146 Å². The van der Waals surface area contributed by atoms with Crippen LogP contribution in [0.25, 0.3) is 0 Å².